The average molecular weight is 404 g/mol. The summed E-state index contributed by atoms with van der Waals surface area (Å²) in [6.45, 7) is 2.40. The summed E-state index contributed by atoms with van der Waals surface area (Å²) in [5.41, 5.74) is 2.46. The first-order valence-electron chi connectivity index (χ1n) is 10.7. The lowest BCUT2D eigenvalue weighted by molar-refractivity contribution is -0.138. The maximum absolute atomic E-state index is 13.8. The Kier molecular flexibility index (Phi) is 5.71. The normalized spacial score (nSPS) is 15.7. The molecule has 30 heavy (non-hydrogen) atoms. The van der Waals surface area contributed by atoms with Gasteiger partial charge in [-0.25, -0.2) is 9.97 Å². The van der Waals surface area contributed by atoms with Crippen LogP contribution in [-0.2, 0) is 16.8 Å². The van der Waals surface area contributed by atoms with Gasteiger partial charge in [0.15, 0.2) is 0 Å². The Balaban J connectivity index is 1.63. The highest BCUT2D eigenvalue weighted by Crippen LogP contribution is 2.41. The lowest BCUT2D eigenvalue weighted by Gasteiger charge is -2.39. The number of hydrogen-bond donors (Lipinski definition) is 0. The fraction of sp³-hybridized carbons (Fsp3) is 0.400. The summed E-state index contributed by atoms with van der Waals surface area (Å²) in [5.74, 6) is 1.65. The molecule has 0 bridgehead atoms. The minimum absolute atomic E-state index is 0.154. The quantitative estimate of drug-likeness (QED) is 0.614. The number of carbonyl (C=O) groups is 1. The lowest BCUT2D eigenvalue weighted by Crippen LogP contribution is -2.46. The van der Waals surface area contributed by atoms with E-state index in [0.717, 1.165) is 53.6 Å². The van der Waals surface area contributed by atoms with Crippen LogP contribution in [0, 0.1) is 6.92 Å². The number of aromatic nitrogens is 2. The molecule has 0 aliphatic heterocycles. The molecule has 1 amide bonds. The Morgan fingerprint density at radius 1 is 1.03 bits per heavy atom. The lowest BCUT2D eigenvalue weighted by atomic mass is 9.68. The van der Waals surface area contributed by atoms with E-state index >= 15 is 0 Å². The minimum Gasteiger partial charge on any atom is -0.497 e. The third-order valence-corrected chi connectivity index (χ3v) is 6.32. The number of para-hydroxylation sites is 1. The van der Waals surface area contributed by atoms with E-state index in [0.29, 0.717) is 12.4 Å². The first-order valence-corrected chi connectivity index (χ1v) is 10.7. The fourth-order valence-corrected chi connectivity index (χ4v) is 4.71. The van der Waals surface area contributed by atoms with Crippen LogP contribution >= 0.6 is 0 Å². The highest BCUT2D eigenvalue weighted by molar-refractivity contribution is 5.88. The van der Waals surface area contributed by atoms with Crippen molar-refractivity contribution in [2.45, 2.75) is 51.0 Å². The van der Waals surface area contributed by atoms with Crippen molar-refractivity contribution in [2.75, 3.05) is 14.2 Å². The summed E-state index contributed by atoms with van der Waals surface area (Å²) in [6.07, 6.45) is 5.07. The number of carbonyl (C=O) groups excluding carboxylic acids is 1. The number of likely N-dealkylation sites (N-methyl/N-ethyl adjacent to an activating group) is 1. The van der Waals surface area contributed by atoms with E-state index in [2.05, 4.69) is 4.98 Å². The zero-order valence-corrected chi connectivity index (χ0v) is 18.0. The summed E-state index contributed by atoms with van der Waals surface area (Å²) in [5, 5.41) is 1.05. The van der Waals surface area contributed by atoms with Crippen molar-refractivity contribution in [2.24, 2.45) is 0 Å². The molecule has 0 atom stereocenters. The molecule has 5 heteroatoms. The van der Waals surface area contributed by atoms with Crippen LogP contribution in [-0.4, -0.2) is 34.9 Å². The number of rotatable bonds is 5. The molecule has 0 saturated heterocycles. The first kappa shape index (κ1) is 20.3. The largest absolute Gasteiger partial charge is 0.497 e. The molecule has 0 radical (unpaired) electrons. The molecule has 2 aromatic carbocycles. The minimum atomic E-state index is -0.481. The summed E-state index contributed by atoms with van der Waals surface area (Å²) in [6, 6.07) is 16.0. The molecule has 0 N–H and O–H groups in total. The molecular formula is C25H29N3O2. The van der Waals surface area contributed by atoms with Gasteiger partial charge in [0, 0.05) is 18.1 Å². The van der Waals surface area contributed by atoms with E-state index in [1.165, 1.54) is 6.42 Å². The number of fused-ring (bicyclic) bond motifs is 1. The SMILES string of the molecule is COc1ccc(C2(C(=O)N(C)Cc3nc(C)c4ccccc4n3)CCCCC2)cc1. The molecule has 1 aliphatic rings. The Labute approximate surface area is 178 Å². The van der Waals surface area contributed by atoms with Gasteiger partial charge in [-0.2, -0.15) is 0 Å². The van der Waals surface area contributed by atoms with Gasteiger partial charge in [0.1, 0.15) is 11.6 Å². The number of nitrogens with zero attached hydrogens (tertiary/aromatic N) is 3. The van der Waals surface area contributed by atoms with E-state index in [9.17, 15) is 4.79 Å². The van der Waals surface area contributed by atoms with Crippen LogP contribution < -0.4 is 4.74 Å². The third-order valence-electron chi connectivity index (χ3n) is 6.32. The van der Waals surface area contributed by atoms with Crippen molar-refractivity contribution in [1.29, 1.82) is 0 Å². The number of amides is 1. The Morgan fingerprint density at radius 3 is 2.43 bits per heavy atom. The van der Waals surface area contributed by atoms with Crippen molar-refractivity contribution in [1.82, 2.24) is 14.9 Å². The van der Waals surface area contributed by atoms with Crippen molar-refractivity contribution < 1.29 is 9.53 Å². The topological polar surface area (TPSA) is 55.3 Å². The Hall–Kier alpha value is -2.95. The molecule has 1 fully saturated rings. The Morgan fingerprint density at radius 2 is 1.73 bits per heavy atom. The summed E-state index contributed by atoms with van der Waals surface area (Å²) in [4.78, 5) is 24.9. The molecule has 4 rings (SSSR count). The molecule has 0 spiro atoms. The predicted molar refractivity (Wildman–Crippen MR) is 119 cm³/mol. The molecule has 1 aromatic heterocycles. The maximum Gasteiger partial charge on any atom is 0.233 e. The van der Waals surface area contributed by atoms with E-state index in [4.69, 9.17) is 9.72 Å². The fourth-order valence-electron chi connectivity index (χ4n) is 4.71. The standard InChI is InChI=1S/C25H29N3O2/c1-18-21-9-5-6-10-22(21)27-23(26-18)17-28(2)24(29)25(15-7-4-8-16-25)19-11-13-20(30-3)14-12-19/h5-6,9-14H,4,7-8,15-17H2,1-3H3. The summed E-state index contributed by atoms with van der Waals surface area (Å²) >= 11 is 0. The highest BCUT2D eigenvalue weighted by Gasteiger charge is 2.42. The van der Waals surface area contributed by atoms with E-state index in [-0.39, 0.29) is 5.91 Å². The van der Waals surface area contributed by atoms with E-state index in [1.54, 1.807) is 12.0 Å². The van der Waals surface area contributed by atoms with Gasteiger partial charge < -0.3 is 9.64 Å². The van der Waals surface area contributed by atoms with Crippen LogP contribution in [0.5, 0.6) is 5.75 Å². The van der Waals surface area contributed by atoms with Gasteiger partial charge in [-0.1, -0.05) is 49.6 Å². The van der Waals surface area contributed by atoms with Crippen LogP contribution in [0.15, 0.2) is 48.5 Å². The van der Waals surface area contributed by atoms with Crippen molar-refractivity contribution in [3.8, 4) is 5.75 Å². The first-order chi connectivity index (χ1) is 14.5. The monoisotopic (exact) mass is 403 g/mol. The van der Waals surface area contributed by atoms with Gasteiger partial charge >= 0.3 is 0 Å². The van der Waals surface area contributed by atoms with E-state index in [1.807, 2.05) is 62.5 Å². The second kappa shape index (κ2) is 8.42. The summed E-state index contributed by atoms with van der Waals surface area (Å²) in [7, 11) is 3.53. The van der Waals surface area contributed by atoms with E-state index < -0.39 is 5.41 Å². The van der Waals surface area contributed by atoms with Crippen LogP contribution in [0.1, 0.15) is 49.2 Å². The van der Waals surface area contributed by atoms with Gasteiger partial charge in [0.25, 0.3) is 0 Å². The highest BCUT2D eigenvalue weighted by atomic mass is 16.5. The molecule has 3 aromatic rings. The molecule has 0 unspecified atom stereocenters. The second-order valence-corrected chi connectivity index (χ2v) is 8.27. The van der Waals surface area contributed by atoms with Gasteiger partial charge in [0.2, 0.25) is 5.91 Å². The molecule has 5 nitrogen and oxygen atoms in total. The molecule has 1 heterocycles. The van der Waals surface area contributed by atoms with Crippen LogP contribution in [0.3, 0.4) is 0 Å². The average Bonchev–Trinajstić information content (AvgIpc) is 2.79. The number of ether oxygens (including phenoxy) is 1. The van der Waals surface area contributed by atoms with Crippen LogP contribution in [0.2, 0.25) is 0 Å². The van der Waals surface area contributed by atoms with Gasteiger partial charge in [-0.3, -0.25) is 4.79 Å². The number of hydrogen-bond acceptors (Lipinski definition) is 4. The zero-order valence-electron chi connectivity index (χ0n) is 18.0. The zero-order chi connectivity index (χ0) is 21.1. The van der Waals surface area contributed by atoms with Crippen molar-refractivity contribution >= 4 is 16.8 Å². The third kappa shape index (κ3) is 3.76. The number of aryl methyl sites for hydroxylation is 1. The van der Waals surface area contributed by atoms with Crippen molar-refractivity contribution in [3.63, 3.8) is 0 Å². The molecule has 156 valence electrons. The van der Waals surface area contributed by atoms with Crippen LogP contribution in [0.25, 0.3) is 10.9 Å². The van der Waals surface area contributed by atoms with Gasteiger partial charge in [0.05, 0.1) is 24.6 Å². The molecule has 1 saturated carbocycles. The van der Waals surface area contributed by atoms with Gasteiger partial charge in [-0.15, -0.1) is 0 Å². The number of benzene rings is 2. The summed E-state index contributed by atoms with van der Waals surface area (Å²) < 4.78 is 5.31. The molecule has 1 aliphatic carbocycles. The smallest absolute Gasteiger partial charge is 0.233 e. The maximum atomic E-state index is 13.8. The second-order valence-electron chi connectivity index (χ2n) is 8.27. The molecular weight excluding hydrogens is 374 g/mol. The van der Waals surface area contributed by atoms with Crippen molar-refractivity contribution in [3.05, 3.63) is 65.6 Å². The number of methoxy groups -OCH3 is 1. The van der Waals surface area contributed by atoms with Gasteiger partial charge in [-0.05, 0) is 43.5 Å². The predicted octanol–water partition coefficient (Wildman–Crippen LogP) is 4.81. The Bertz CT molecular complexity index is 1040. The van der Waals surface area contributed by atoms with Crippen LogP contribution in [0.4, 0.5) is 0 Å².